The van der Waals surface area contributed by atoms with Crippen molar-refractivity contribution in [2.45, 2.75) is 12.5 Å². The van der Waals surface area contributed by atoms with E-state index in [1.165, 1.54) is 0 Å². The van der Waals surface area contributed by atoms with Gasteiger partial charge in [-0.3, -0.25) is 0 Å². The maximum Gasteiger partial charge on any atom is 0.328 e. The molecule has 0 saturated carbocycles. The van der Waals surface area contributed by atoms with Gasteiger partial charge in [0.15, 0.2) is 0 Å². The summed E-state index contributed by atoms with van der Waals surface area (Å²) >= 11 is 6.08. The van der Waals surface area contributed by atoms with Crippen molar-refractivity contribution in [3.63, 3.8) is 0 Å². The average Bonchev–Trinajstić information content (AvgIpc) is 2.86. The van der Waals surface area contributed by atoms with E-state index in [9.17, 15) is 4.79 Å². The molecule has 1 aliphatic heterocycles. The van der Waals surface area contributed by atoms with Crippen LogP contribution >= 0.6 is 11.6 Å². The van der Waals surface area contributed by atoms with E-state index in [1.54, 1.807) is 12.1 Å². The highest BCUT2D eigenvalue weighted by atomic mass is 35.5. The number of rotatable bonds is 4. The van der Waals surface area contributed by atoms with Crippen LogP contribution in [0.1, 0.15) is 12.0 Å². The van der Waals surface area contributed by atoms with Gasteiger partial charge in [0.2, 0.25) is 0 Å². The molecule has 0 amide bonds. The van der Waals surface area contributed by atoms with E-state index < -0.39 is 5.97 Å². The smallest absolute Gasteiger partial charge is 0.328 e. The van der Waals surface area contributed by atoms with E-state index >= 15 is 0 Å². The number of likely N-dealkylation sites (N-methyl/N-ethyl adjacent to an activating group) is 1. The van der Waals surface area contributed by atoms with Crippen LogP contribution in [0.15, 0.2) is 24.3 Å². The Bertz CT molecular complexity index is 529. The molecule has 20 heavy (non-hydrogen) atoms. The Morgan fingerprint density at radius 3 is 2.85 bits per heavy atom. The second kappa shape index (κ2) is 6.29. The molecule has 0 spiro atoms. The summed E-state index contributed by atoms with van der Waals surface area (Å²) in [6.07, 6.45) is 3.88. The van der Waals surface area contributed by atoms with Gasteiger partial charge in [0, 0.05) is 35.9 Å². The standard InChI is InChI=1S/C15H19ClN2O2/c1-17(2)13-7-8-18(10-13)14-9-12(16)5-3-11(14)4-6-15(19)20/h3-6,9,13H,7-8,10H2,1-2H3,(H,19,20)/b6-4+. The van der Waals surface area contributed by atoms with Crippen molar-refractivity contribution in [1.82, 2.24) is 4.90 Å². The number of benzene rings is 1. The van der Waals surface area contributed by atoms with Crippen molar-refractivity contribution in [3.05, 3.63) is 34.9 Å². The van der Waals surface area contributed by atoms with Crippen LogP contribution < -0.4 is 4.90 Å². The number of hydrogen-bond donors (Lipinski definition) is 1. The van der Waals surface area contributed by atoms with Crippen LogP contribution in [0.5, 0.6) is 0 Å². The maximum absolute atomic E-state index is 10.7. The van der Waals surface area contributed by atoms with Crippen LogP contribution in [0.25, 0.3) is 6.08 Å². The van der Waals surface area contributed by atoms with Crippen LogP contribution in [-0.2, 0) is 4.79 Å². The van der Waals surface area contributed by atoms with E-state index in [1.807, 2.05) is 12.1 Å². The fourth-order valence-electron chi connectivity index (χ4n) is 2.47. The minimum Gasteiger partial charge on any atom is -0.478 e. The summed E-state index contributed by atoms with van der Waals surface area (Å²) in [6.45, 7) is 1.89. The summed E-state index contributed by atoms with van der Waals surface area (Å²) < 4.78 is 0. The second-order valence-electron chi connectivity index (χ2n) is 5.23. The maximum atomic E-state index is 10.7. The normalized spacial score (nSPS) is 19.2. The molecule has 1 unspecified atom stereocenters. The zero-order valence-electron chi connectivity index (χ0n) is 11.7. The predicted molar refractivity (Wildman–Crippen MR) is 82.4 cm³/mol. The van der Waals surface area contributed by atoms with E-state index in [0.29, 0.717) is 11.1 Å². The molecule has 5 heteroatoms. The summed E-state index contributed by atoms with van der Waals surface area (Å²) in [5.41, 5.74) is 1.88. The predicted octanol–water partition coefficient (Wildman–Crippen LogP) is 2.58. The van der Waals surface area contributed by atoms with Gasteiger partial charge in [-0.05, 0) is 44.3 Å². The number of anilines is 1. The molecule has 0 radical (unpaired) electrons. The summed E-state index contributed by atoms with van der Waals surface area (Å²) in [5.74, 6) is -0.946. The SMILES string of the molecule is CN(C)C1CCN(c2cc(Cl)ccc2/C=C/C(=O)O)C1. The van der Waals surface area contributed by atoms with Gasteiger partial charge in [-0.15, -0.1) is 0 Å². The Morgan fingerprint density at radius 1 is 1.50 bits per heavy atom. The highest BCUT2D eigenvalue weighted by Crippen LogP contribution is 2.29. The van der Waals surface area contributed by atoms with Crippen molar-refractivity contribution in [3.8, 4) is 0 Å². The quantitative estimate of drug-likeness (QED) is 0.867. The largest absolute Gasteiger partial charge is 0.478 e. The van der Waals surface area contributed by atoms with Gasteiger partial charge in [0.05, 0.1) is 0 Å². The number of halogens is 1. The molecule has 1 fully saturated rings. The number of nitrogens with zero attached hydrogens (tertiary/aromatic N) is 2. The zero-order valence-corrected chi connectivity index (χ0v) is 12.5. The third kappa shape index (κ3) is 3.52. The molecule has 1 atom stereocenters. The van der Waals surface area contributed by atoms with Crippen molar-refractivity contribution in [2.75, 3.05) is 32.1 Å². The first kappa shape index (κ1) is 14.9. The molecule has 1 saturated heterocycles. The van der Waals surface area contributed by atoms with Gasteiger partial charge < -0.3 is 14.9 Å². The summed E-state index contributed by atoms with van der Waals surface area (Å²) in [4.78, 5) is 15.2. The van der Waals surface area contributed by atoms with Crippen molar-refractivity contribution >= 4 is 29.3 Å². The van der Waals surface area contributed by atoms with Gasteiger partial charge >= 0.3 is 5.97 Å². The first-order valence-corrected chi connectivity index (χ1v) is 6.97. The van der Waals surface area contributed by atoms with Gasteiger partial charge in [-0.2, -0.15) is 0 Å². The monoisotopic (exact) mass is 294 g/mol. The van der Waals surface area contributed by atoms with E-state index in [-0.39, 0.29) is 0 Å². The molecular formula is C15H19ClN2O2. The van der Waals surface area contributed by atoms with Crippen LogP contribution in [0.4, 0.5) is 5.69 Å². The zero-order chi connectivity index (χ0) is 14.7. The molecule has 2 rings (SSSR count). The molecule has 1 N–H and O–H groups in total. The van der Waals surface area contributed by atoms with Gasteiger partial charge in [0.1, 0.15) is 0 Å². The first-order valence-electron chi connectivity index (χ1n) is 6.59. The average molecular weight is 295 g/mol. The molecule has 1 aromatic carbocycles. The molecule has 108 valence electrons. The highest BCUT2D eigenvalue weighted by molar-refractivity contribution is 6.31. The minimum atomic E-state index is -0.946. The van der Waals surface area contributed by atoms with Crippen molar-refractivity contribution in [2.24, 2.45) is 0 Å². The summed E-state index contributed by atoms with van der Waals surface area (Å²) in [7, 11) is 4.16. The lowest BCUT2D eigenvalue weighted by Crippen LogP contribution is -2.31. The van der Waals surface area contributed by atoms with E-state index in [4.69, 9.17) is 16.7 Å². The third-order valence-corrected chi connectivity index (χ3v) is 3.87. The second-order valence-corrected chi connectivity index (χ2v) is 5.66. The van der Waals surface area contributed by atoms with Crippen molar-refractivity contribution < 1.29 is 9.90 Å². The number of carboxylic acids is 1. The Balaban J connectivity index is 2.26. The topological polar surface area (TPSA) is 43.8 Å². The Morgan fingerprint density at radius 2 is 2.25 bits per heavy atom. The number of aliphatic carboxylic acids is 1. The molecule has 0 aliphatic carbocycles. The lowest BCUT2D eigenvalue weighted by molar-refractivity contribution is -0.131. The molecule has 0 bridgehead atoms. The molecular weight excluding hydrogens is 276 g/mol. The van der Waals surface area contributed by atoms with Crippen LogP contribution in [-0.4, -0.2) is 49.2 Å². The summed E-state index contributed by atoms with van der Waals surface area (Å²) in [6, 6.07) is 6.07. The third-order valence-electron chi connectivity index (χ3n) is 3.63. The van der Waals surface area contributed by atoms with Gasteiger partial charge in [0.25, 0.3) is 0 Å². The first-order chi connectivity index (χ1) is 9.47. The summed E-state index contributed by atoms with van der Waals surface area (Å²) in [5, 5.41) is 9.43. The highest BCUT2D eigenvalue weighted by Gasteiger charge is 2.25. The number of carbonyl (C=O) groups is 1. The van der Waals surface area contributed by atoms with E-state index in [0.717, 1.165) is 36.8 Å². The van der Waals surface area contributed by atoms with E-state index in [2.05, 4.69) is 23.9 Å². The lowest BCUT2D eigenvalue weighted by Gasteiger charge is -2.23. The Hall–Kier alpha value is -1.52. The molecule has 0 aromatic heterocycles. The van der Waals surface area contributed by atoms with Crippen LogP contribution in [0.3, 0.4) is 0 Å². The molecule has 1 aliphatic rings. The van der Waals surface area contributed by atoms with Gasteiger partial charge in [-0.1, -0.05) is 17.7 Å². The Labute approximate surface area is 124 Å². The molecule has 1 heterocycles. The molecule has 4 nitrogen and oxygen atoms in total. The lowest BCUT2D eigenvalue weighted by atomic mass is 10.1. The van der Waals surface area contributed by atoms with Crippen LogP contribution in [0, 0.1) is 0 Å². The Kier molecular flexibility index (Phi) is 4.68. The fraction of sp³-hybridized carbons (Fsp3) is 0.400. The minimum absolute atomic E-state index is 0.519. The van der Waals surface area contributed by atoms with Crippen LogP contribution in [0.2, 0.25) is 5.02 Å². The number of hydrogen-bond acceptors (Lipinski definition) is 3. The fourth-order valence-corrected chi connectivity index (χ4v) is 2.64. The van der Waals surface area contributed by atoms with Gasteiger partial charge in [-0.25, -0.2) is 4.79 Å². The molecule has 1 aromatic rings. The van der Waals surface area contributed by atoms with Crippen molar-refractivity contribution in [1.29, 1.82) is 0 Å². The number of carboxylic acid groups (broad SMARTS) is 1.